The van der Waals surface area contributed by atoms with Crippen molar-refractivity contribution in [1.82, 2.24) is 4.31 Å². The predicted octanol–water partition coefficient (Wildman–Crippen LogP) is 1.19. The van der Waals surface area contributed by atoms with Gasteiger partial charge in [0.05, 0.1) is 9.82 Å². The highest BCUT2D eigenvalue weighted by molar-refractivity contribution is 7.89. The SMILES string of the molecule is CC12CN(S(=O)(=O)c3ccc([N+](=O)[O-])cc3)CC1(C=O)C2. The smallest absolute Gasteiger partial charge is 0.269 e. The average molecular weight is 310 g/mol. The Hall–Kier alpha value is -1.80. The van der Waals surface area contributed by atoms with Crippen molar-refractivity contribution >= 4 is 22.0 Å². The molecule has 2 fully saturated rings. The Morgan fingerprint density at radius 2 is 1.90 bits per heavy atom. The summed E-state index contributed by atoms with van der Waals surface area (Å²) < 4.78 is 26.3. The van der Waals surface area contributed by atoms with Gasteiger partial charge in [0.15, 0.2) is 0 Å². The number of nitro benzene ring substituents is 1. The molecular weight excluding hydrogens is 296 g/mol. The van der Waals surface area contributed by atoms with Crippen LogP contribution in [-0.4, -0.2) is 37.0 Å². The molecule has 0 radical (unpaired) electrons. The van der Waals surface area contributed by atoms with Gasteiger partial charge in [0.1, 0.15) is 6.29 Å². The number of nitro groups is 1. The summed E-state index contributed by atoms with van der Waals surface area (Å²) in [4.78, 5) is 21.2. The third-order valence-corrected chi connectivity index (χ3v) is 6.48. The Morgan fingerprint density at radius 3 is 2.38 bits per heavy atom. The van der Waals surface area contributed by atoms with Crippen molar-refractivity contribution in [2.75, 3.05) is 13.1 Å². The summed E-state index contributed by atoms with van der Waals surface area (Å²) in [6.45, 7) is 2.41. The van der Waals surface area contributed by atoms with Crippen molar-refractivity contribution < 1.29 is 18.1 Å². The first kappa shape index (κ1) is 14.2. The lowest BCUT2D eigenvalue weighted by Crippen LogP contribution is -2.32. The second-order valence-corrected chi connectivity index (χ2v) is 7.97. The lowest BCUT2D eigenvalue weighted by Gasteiger charge is -2.19. The Balaban J connectivity index is 1.89. The summed E-state index contributed by atoms with van der Waals surface area (Å²) in [6.07, 6.45) is 1.58. The quantitative estimate of drug-likeness (QED) is 0.473. The summed E-state index contributed by atoms with van der Waals surface area (Å²) in [5.74, 6) is 0. The van der Waals surface area contributed by atoms with E-state index in [2.05, 4.69) is 0 Å². The number of fused-ring (bicyclic) bond motifs is 1. The van der Waals surface area contributed by atoms with Crippen molar-refractivity contribution in [3.05, 3.63) is 34.4 Å². The zero-order chi connectivity index (χ0) is 15.5. The third kappa shape index (κ3) is 1.90. The molecule has 21 heavy (non-hydrogen) atoms. The molecule has 2 atom stereocenters. The first-order chi connectivity index (χ1) is 9.74. The number of carbonyl (C=O) groups is 1. The van der Waals surface area contributed by atoms with Crippen molar-refractivity contribution in [2.45, 2.75) is 18.2 Å². The first-order valence-electron chi connectivity index (χ1n) is 6.45. The van der Waals surface area contributed by atoms with Gasteiger partial charge in [-0.2, -0.15) is 4.31 Å². The van der Waals surface area contributed by atoms with Crippen molar-refractivity contribution in [3.63, 3.8) is 0 Å². The normalized spacial score (nSPS) is 31.7. The minimum Gasteiger partial charge on any atom is -0.303 e. The molecule has 1 aromatic carbocycles. The maximum atomic E-state index is 12.5. The highest BCUT2D eigenvalue weighted by atomic mass is 32.2. The standard InChI is InChI=1S/C13H14N2O5S/c1-12-6-13(12,9-16)8-14(7-12)21(19,20)11-4-2-10(3-5-11)15(17)18/h2-5,9H,6-8H2,1H3. The van der Waals surface area contributed by atoms with Crippen LogP contribution in [-0.2, 0) is 14.8 Å². The van der Waals surface area contributed by atoms with Crippen LogP contribution in [0.25, 0.3) is 0 Å². The van der Waals surface area contributed by atoms with E-state index in [-0.39, 0.29) is 22.5 Å². The molecule has 2 unspecified atom stereocenters. The van der Waals surface area contributed by atoms with Crippen LogP contribution in [0.15, 0.2) is 29.2 Å². The molecule has 2 aliphatic rings. The Labute approximate surface area is 121 Å². The molecule has 1 aromatic rings. The van der Waals surface area contributed by atoms with Crippen LogP contribution in [0.2, 0.25) is 0 Å². The maximum absolute atomic E-state index is 12.5. The number of nitrogens with zero attached hydrogens (tertiary/aromatic N) is 2. The largest absolute Gasteiger partial charge is 0.303 e. The van der Waals surface area contributed by atoms with Crippen LogP contribution >= 0.6 is 0 Å². The van der Waals surface area contributed by atoms with E-state index >= 15 is 0 Å². The van der Waals surface area contributed by atoms with E-state index in [0.29, 0.717) is 6.54 Å². The summed E-state index contributed by atoms with van der Waals surface area (Å²) in [5, 5.41) is 10.6. The topological polar surface area (TPSA) is 97.6 Å². The minimum absolute atomic E-state index is 0.0130. The number of sulfonamides is 1. The van der Waals surface area contributed by atoms with Crippen molar-refractivity contribution in [3.8, 4) is 0 Å². The molecule has 1 saturated carbocycles. The van der Waals surface area contributed by atoms with Crippen LogP contribution in [0.1, 0.15) is 13.3 Å². The van der Waals surface area contributed by atoms with Gasteiger partial charge in [-0.3, -0.25) is 10.1 Å². The van der Waals surface area contributed by atoms with Crippen LogP contribution in [0.5, 0.6) is 0 Å². The molecular formula is C13H14N2O5S. The number of non-ortho nitro benzene ring substituents is 1. The van der Waals surface area contributed by atoms with Gasteiger partial charge in [-0.25, -0.2) is 8.42 Å². The van der Waals surface area contributed by atoms with E-state index in [1.165, 1.54) is 28.6 Å². The molecule has 112 valence electrons. The van der Waals surface area contributed by atoms with E-state index in [9.17, 15) is 23.3 Å². The molecule has 0 N–H and O–H groups in total. The van der Waals surface area contributed by atoms with Crippen LogP contribution in [0, 0.1) is 20.9 Å². The number of hydrogen-bond acceptors (Lipinski definition) is 5. The molecule has 1 aliphatic heterocycles. The lowest BCUT2D eigenvalue weighted by atomic mass is 10.0. The fraction of sp³-hybridized carbons (Fsp3) is 0.462. The number of hydrogen-bond donors (Lipinski definition) is 0. The van der Waals surface area contributed by atoms with Gasteiger partial charge in [-0.1, -0.05) is 6.92 Å². The Kier molecular flexibility index (Phi) is 2.77. The van der Waals surface area contributed by atoms with Gasteiger partial charge in [0.25, 0.3) is 5.69 Å². The summed E-state index contributed by atoms with van der Waals surface area (Å²) in [5.41, 5.74) is -0.988. The van der Waals surface area contributed by atoms with E-state index in [1.54, 1.807) is 0 Å². The van der Waals surface area contributed by atoms with E-state index < -0.39 is 20.4 Å². The molecule has 8 heteroatoms. The van der Waals surface area contributed by atoms with Crippen molar-refractivity contribution in [1.29, 1.82) is 0 Å². The van der Waals surface area contributed by atoms with E-state index in [0.717, 1.165) is 12.7 Å². The van der Waals surface area contributed by atoms with Crippen molar-refractivity contribution in [2.24, 2.45) is 10.8 Å². The summed E-state index contributed by atoms with van der Waals surface area (Å²) >= 11 is 0. The van der Waals surface area contributed by atoms with Crippen LogP contribution in [0.4, 0.5) is 5.69 Å². The van der Waals surface area contributed by atoms with Gasteiger partial charge in [0, 0.05) is 30.6 Å². The highest BCUT2D eigenvalue weighted by Crippen LogP contribution is 2.67. The number of piperidine rings is 1. The summed E-state index contributed by atoms with van der Waals surface area (Å²) in [6, 6.07) is 4.79. The Morgan fingerprint density at radius 1 is 1.29 bits per heavy atom. The third-order valence-electron chi connectivity index (χ3n) is 4.68. The lowest BCUT2D eigenvalue weighted by molar-refractivity contribution is -0.384. The molecule has 7 nitrogen and oxygen atoms in total. The van der Waals surface area contributed by atoms with E-state index in [1.807, 2.05) is 6.92 Å². The van der Waals surface area contributed by atoms with Gasteiger partial charge < -0.3 is 4.79 Å². The zero-order valence-corrected chi connectivity index (χ0v) is 12.2. The number of rotatable bonds is 4. The fourth-order valence-electron chi connectivity index (χ4n) is 3.15. The minimum atomic E-state index is -3.72. The van der Waals surface area contributed by atoms with Crippen LogP contribution in [0.3, 0.4) is 0 Å². The van der Waals surface area contributed by atoms with Gasteiger partial charge in [-0.05, 0) is 24.0 Å². The molecule has 0 amide bonds. The molecule has 1 aliphatic carbocycles. The first-order valence-corrected chi connectivity index (χ1v) is 7.89. The average Bonchev–Trinajstić information content (AvgIpc) is 2.91. The molecule has 0 spiro atoms. The fourth-order valence-corrected chi connectivity index (χ4v) is 4.79. The Bertz CT molecular complexity index is 729. The monoisotopic (exact) mass is 310 g/mol. The van der Waals surface area contributed by atoms with Gasteiger partial charge >= 0.3 is 0 Å². The second kappa shape index (κ2) is 4.11. The zero-order valence-electron chi connectivity index (χ0n) is 11.4. The molecule has 0 aromatic heterocycles. The van der Waals surface area contributed by atoms with Crippen LogP contribution < -0.4 is 0 Å². The maximum Gasteiger partial charge on any atom is 0.269 e. The number of carbonyl (C=O) groups excluding carboxylic acids is 1. The van der Waals surface area contributed by atoms with Gasteiger partial charge in [-0.15, -0.1) is 0 Å². The number of aldehydes is 1. The summed E-state index contributed by atoms with van der Waals surface area (Å²) in [7, 11) is -3.72. The molecule has 0 bridgehead atoms. The van der Waals surface area contributed by atoms with E-state index in [4.69, 9.17) is 0 Å². The highest BCUT2D eigenvalue weighted by Gasteiger charge is 2.71. The second-order valence-electron chi connectivity index (χ2n) is 6.04. The molecule has 1 saturated heterocycles. The predicted molar refractivity (Wildman–Crippen MR) is 73.1 cm³/mol. The van der Waals surface area contributed by atoms with Gasteiger partial charge in [0.2, 0.25) is 10.0 Å². The number of benzene rings is 1. The molecule has 3 rings (SSSR count). The molecule has 1 heterocycles.